The van der Waals surface area contributed by atoms with Crippen molar-refractivity contribution in [2.24, 2.45) is 5.92 Å². The van der Waals surface area contributed by atoms with E-state index in [4.69, 9.17) is 9.26 Å². The van der Waals surface area contributed by atoms with Crippen molar-refractivity contribution in [3.8, 4) is 17.1 Å². The van der Waals surface area contributed by atoms with E-state index in [1.165, 1.54) is 0 Å². The SMILES string of the molecule is COc1ccc(N2CC(C(=O)N3CC(c4nc(-c5ccccc5)no4)C3)CC2=O)cc1. The summed E-state index contributed by atoms with van der Waals surface area (Å²) in [6.45, 7) is 1.45. The highest BCUT2D eigenvalue weighted by molar-refractivity contribution is 6.00. The second-order valence-corrected chi connectivity index (χ2v) is 7.87. The highest BCUT2D eigenvalue weighted by atomic mass is 16.5. The van der Waals surface area contributed by atoms with E-state index in [0.717, 1.165) is 17.0 Å². The summed E-state index contributed by atoms with van der Waals surface area (Å²) in [5.74, 6) is 1.49. The molecule has 2 amide bonds. The highest BCUT2D eigenvalue weighted by Gasteiger charge is 2.42. The van der Waals surface area contributed by atoms with Crippen LogP contribution in [0.2, 0.25) is 0 Å². The normalized spacial score (nSPS) is 18.9. The van der Waals surface area contributed by atoms with Gasteiger partial charge in [0.2, 0.25) is 23.5 Å². The number of hydrogen-bond donors (Lipinski definition) is 0. The molecular weight excluding hydrogens is 396 g/mol. The summed E-state index contributed by atoms with van der Waals surface area (Å²) in [5, 5.41) is 4.05. The number of carbonyl (C=O) groups is 2. The van der Waals surface area contributed by atoms with Gasteiger partial charge < -0.3 is 19.1 Å². The van der Waals surface area contributed by atoms with Crippen molar-refractivity contribution < 1.29 is 18.8 Å². The molecule has 0 spiro atoms. The summed E-state index contributed by atoms with van der Waals surface area (Å²) in [4.78, 5) is 33.3. The molecule has 8 heteroatoms. The number of anilines is 1. The third-order valence-electron chi connectivity index (χ3n) is 5.87. The minimum absolute atomic E-state index is 0.00316. The molecule has 2 aromatic carbocycles. The van der Waals surface area contributed by atoms with Gasteiger partial charge >= 0.3 is 0 Å². The van der Waals surface area contributed by atoms with Gasteiger partial charge in [-0.1, -0.05) is 35.5 Å². The zero-order valence-corrected chi connectivity index (χ0v) is 17.1. The number of benzene rings is 2. The average molecular weight is 418 g/mol. The third kappa shape index (κ3) is 3.65. The summed E-state index contributed by atoms with van der Waals surface area (Å²) in [5.41, 5.74) is 1.68. The van der Waals surface area contributed by atoms with E-state index in [2.05, 4.69) is 10.1 Å². The summed E-state index contributed by atoms with van der Waals surface area (Å²) < 4.78 is 10.6. The second kappa shape index (κ2) is 7.86. The largest absolute Gasteiger partial charge is 0.497 e. The summed E-state index contributed by atoms with van der Waals surface area (Å²) in [6.07, 6.45) is 0.227. The zero-order valence-electron chi connectivity index (χ0n) is 17.1. The van der Waals surface area contributed by atoms with Gasteiger partial charge in [0.15, 0.2) is 0 Å². The first-order chi connectivity index (χ1) is 15.1. The molecule has 0 N–H and O–H groups in total. The molecule has 3 aromatic rings. The lowest BCUT2D eigenvalue weighted by Crippen LogP contribution is -2.51. The minimum atomic E-state index is -0.335. The first-order valence-electron chi connectivity index (χ1n) is 10.2. The number of rotatable bonds is 5. The molecular formula is C23H22N4O4. The van der Waals surface area contributed by atoms with Crippen LogP contribution in [0.4, 0.5) is 5.69 Å². The fraction of sp³-hybridized carbons (Fsp3) is 0.304. The van der Waals surface area contributed by atoms with E-state index in [9.17, 15) is 9.59 Å². The first-order valence-corrected chi connectivity index (χ1v) is 10.2. The van der Waals surface area contributed by atoms with Crippen LogP contribution in [0.1, 0.15) is 18.2 Å². The molecule has 158 valence electrons. The Labute approximate surface area is 179 Å². The Hall–Kier alpha value is -3.68. The second-order valence-electron chi connectivity index (χ2n) is 7.87. The topological polar surface area (TPSA) is 88.8 Å². The lowest BCUT2D eigenvalue weighted by molar-refractivity contribution is -0.140. The number of methoxy groups -OCH3 is 1. The van der Waals surface area contributed by atoms with Crippen LogP contribution in [0.3, 0.4) is 0 Å². The van der Waals surface area contributed by atoms with E-state index >= 15 is 0 Å². The van der Waals surface area contributed by atoms with Crippen LogP contribution < -0.4 is 9.64 Å². The zero-order chi connectivity index (χ0) is 21.4. The van der Waals surface area contributed by atoms with Crippen LogP contribution in [-0.4, -0.2) is 53.6 Å². The van der Waals surface area contributed by atoms with Crippen LogP contribution in [0.5, 0.6) is 5.75 Å². The van der Waals surface area contributed by atoms with Crippen molar-refractivity contribution in [3.05, 3.63) is 60.5 Å². The van der Waals surface area contributed by atoms with E-state index < -0.39 is 0 Å². The van der Waals surface area contributed by atoms with Crippen LogP contribution in [0.15, 0.2) is 59.1 Å². The van der Waals surface area contributed by atoms with Crippen molar-refractivity contribution in [1.29, 1.82) is 0 Å². The van der Waals surface area contributed by atoms with Gasteiger partial charge in [0, 0.05) is 37.3 Å². The summed E-state index contributed by atoms with van der Waals surface area (Å²) in [7, 11) is 1.60. The standard InChI is InChI=1S/C23H22N4O4/c1-30-19-9-7-18(8-10-19)27-14-16(11-20(27)28)23(29)26-12-17(13-26)22-24-21(25-31-22)15-5-3-2-4-6-15/h2-10,16-17H,11-14H2,1H3. The molecule has 3 heterocycles. The molecule has 1 aromatic heterocycles. The number of aromatic nitrogens is 2. The number of likely N-dealkylation sites (tertiary alicyclic amines) is 1. The molecule has 0 radical (unpaired) electrons. The molecule has 1 atom stereocenters. The quantitative estimate of drug-likeness (QED) is 0.633. The van der Waals surface area contributed by atoms with Crippen LogP contribution >= 0.6 is 0 Å². The first kappa shape index (κ1) is 19.3. The van der Waals surface area contributed by atoms with E-state index in [1.807, 2.05) is 54.6 Å². The smallest absolute Gasteiger partial charge is 0.233 e. The molecule has 2 saturated heterocycles. The van der Waals surface area contributed by atoms with Crippen molar-refractivity contribution in [2.75, 3.05) is 31.6 Å². The average Bonchev–Trinajstić information content (AvgIpc) is 3.41. The molecule has 2 aliphatic heterocycles. The Balaban J connectivity index is 1.19. The van der Waals surface area contributed by atoms with E-state index in [-0.39, 0.29) is 30.1 Å². The predicted octanol–water partition coefficient (Wildman–Crippen LogP) is 2.72. The summed E-state index contributed by atoms with van der Waals surface area (Å²) >= 11 is 0. The highest BCUT2D eigenvalue weighted by Crippen LogP contribution is 2.32. The van der Waals surface area contributed by atoms with Crippen LogP contribution in [0, 0.1) is 5.92 Å². The molecule has 0 bridgehead atoms. The maximum atomic E-state index is 12.9. The Morgan fingerprint density at radius 3 is 2.52 bits per heavy atom. The molecule has 5 rings (SSSR count). The van der Waals surface area contributed by atoms with E-state index in [1.54, 1.807) is 16.9 Å². The van der Waals surface area contributed by atoms with Gasteiger partial charge in [0.1, 0.15) is 5.75 Å². The molecule has 2 aliphatic rings. The third-order valence-corrected chi connectivity index (χ3v) is 5.87. The minimum Gasteiger partial charge on any atom is -0.497 e. The molecule has 8 nitrogen and oxygen atoms in total. The van der Waals surface area contributed by atoms with Crippen LogP contribution in [0.25, 0.3) is 11.4 Å². The maximum Gasteiger partial charge on any atom is 0.233 e. The van der Waals surface area contributed by atoms with Gasteiger partial charge in [-0.05, 0) is 24.3 Å². The lowest BCUT2D eigenvalue weighted by Gasteiger charge is -2.38. The Morgan fingerprint density at radius 1 is 1.06 bits per heavy atom. The Kier molecular flexibility index (Phi) is 4.89. The predicted molar refractivity (Wildman–Crippen MR) is 113 cm³/mol. The summed E-state index contributed by atoms with van der Waals surface area (Å²) in [6, 6.07) is 16.9. The Morgan fingerprint density at radius 2 is 1.81 bits per heavy atom. The van der Waals surface area contributed by atoms with Crippen molar-refractivity contribution in [2.45, 2.75) is 12.3 Å². The molecule has 0 saturated carbocycles. The number of hydrogen-bond acceptors (Lipinski definition) is 6. The molecule has 0 aliphatic carbocycles. The van der Waals surface area contributed by atoms with E-state index in [0.29, 0.717) is 31.3 Å². The van der Waals surface area contributed by atoms with Gasteiger partial charge in [0.05, 0.1) is 18.9 Å². The molecule has 2 fully saturated rings. The fourth-order valence-corrected chi connectivity index (χ4v) is 4.06. The number of amides is 2. The van der Waals surface area contributed by atoms with Gasteiger partial charge in [0.25, 0.3) is 0 Å². The number of carbonyl (C=O) groups excluding carboxylic acids is 2. The van der Waals surface area contributed by atoms with Crippen molar-refractivity contribution in [1.82, 2.24) is 15.0 Å². The van der Waals surface area contributed by atoms with Gasteiger partial charge in [-0.15, -0.1) is 0 Å². The fourth-order valence-electron chi connectivity index (χ4n) is 4.06. The molecule has 1 unspecified atom stereocenters. The van der Waals surface area contributed by atoms with Crippen LogP contribution in [-0.2, 0) is 9.59 Å². The molecule has 31 heavy (non-hydrogen) atoms. The maximum absolute atomic E-state index is 12.9. The van der Waals surface area contributed by atoms with Gasteiger partial charge in [-0.2, -0.15) is 4.98 Å². The van der Waals surface area contributed by atoms with Crippen molar-refractivity contribution in [3.63, 3.8) is 0 Å². The monoisotopic (exact) mass is 418 g/mol. The van der Waals surface area contributed by atoms with Gasteiger partial charge in [-0.25, -0.2) is 0 Å². The lowest BCUT2D eigenvalue weighted by atomic mass is 9.96. The number of ether oxygens (including phenoxy) is 1. The Bertz CT molecular complexity index is 1090. The van der Waals surface area contributed by atoms with Crippen molar-refractivity contribution >= 4 is 17.5 Å². The number of nitrogens with zero attached hydrogens (tertiary/aromatic N) is 4. The van der Waals surface area contributed by atoms with Gasteiger partial charge in [-0.3, -0.25) is 9.59 Å².